The van der Waals surface area contributed by atoms with Crippen molar-refractivity contribution in [3.8, 4) is 10.6 Å². The molecule has 0 aliphatic rings. The van der Waals surface area contributed by atoms with E-state index in [0.29, 0.717) is 10.2 Å². The predicted octanol–water partition coefficient (Wildman–Crippen LogP) is 2.44. The number of anilines is 1. The van der Waals surface area contributed by atoms with Crippen LogP contribution in [-0.4, -0.2) is 9.97 Å². The van der Waals surface area contributed by atoms with Gasteiger partial charge in [0.05, 0.1) is 0 Å². The van der Waals surface area contributed by atoms with Gasteiger partial charge in [-0.05, 0) is 12.1 Å². The van der Waals surface area contributed by atoms with Gasteiger partial charge < -0.3 is 5.73 Å². The molecule has 0 aromatic carbocycles. The van der Waals surface area contributed by atoms with E-state index in [0.717, 1.165) is 10.6 Å². The molecule has 0 amide bonds. The summed E-state index contributed by atoms with van der Waals surface area (Å²) in [6.45, 7) is 0. The molecule has 0 spiro atoms. The van der Waals surface area contributed by atoms with E-state index in [1.807, 2.05) is 12.1 Å². The summed E-state index contributed by atoms with van der Waals surface area (Å²) in [6, 6.07) is 3.77. The summed E-state index contributed by atoms with van der Waals surface area (Å²) < 4.78 is 0. The highest BCUT2D eigenvalue weighted by Crippen LogP contribution is 2.31. The lowest BCUT2D eigenvalue weighted by molar-refractivity contribution is 1.31. The SMILES string of the molecule is Nc1sc(-c2cccnc2)nc1Cl. The van der Waals surface area contributed by atoms with Gasteiger partial charge in [0.1, 0.15) is 10.0 Å². The predicted molar refractivity (Wildman–Crippen MR) is 54.8 cm³/mol. The molecule has 0 saturated heterocycles. The molecule has 0 atom stereocenters. The van der Waals surface area contributed by atoms with E-state index in [4.69, 9.17) is 17.3 Å². The minimum atomic E-state index is 0.365. The first-order valence-corrected chi connectivity index (χ1v) is 4.79. The van der Waals surface area contributed by atoms with Crippen molar-refractivity contribution in [2.45, 2.75) is 0 Å². The Morgan fingerprint density at radius 2 is 2.31 bits per heavy atom. The zero-order valence-corrected chi connectivity index (χ0v) is 8.14. The number of nitrogen functional groups attached to an aromatic ring is 1. The molecule has 0 aliphatic heterocycles. The molecule has 0 fully saturated rings. The lowest BCUT2D eigenvalue weighted by Crippen LogP contribution is -1.77. The summed E-state index contributed by atoms with van der Waals surface area (Å²) in [5.41, 5.74) is 6.52. The van der Waals surface area contributed by atoms with Gasteiger partial charge in [-0.3, -0.25) is 4.98 Å². The monoisotopic (exact) mass is 211 g/mol. The van der Waals surface area contributed by atoms with E-state index in [-0.39, 0.29) is 0 Å². The number of pyridine rings is 1. The molecule has 2 rings (SSSR count). The van der Waals surface area contributed by atoms with Crippen LogP contribution in [0.4, 0.5) is 5.00 Å². The molecule has 0 aliphatic carbocycles. The van der Waals surface area contributed by atoms with Crippen LogP contribution in [0.15, 0.2) is 24.5 Å². The molecule has 0 radical (unpaired) electrons. The van der Waals surface area contributed by atoms with Gasteiger partial charge in [-0.1, -0.05) is 22.9 Å². The van der Waals surface area contributed by atoms with Gasteiger partial charge in [0.2, 0.25) is 0 Å². The molecule has 0 saturated carbocycles. The van der Waals surface area contributed by atoms with Gasteiger partial charge in [0.25, 0.3) is 0 Å². The maximum atomic E-state index is 5.73. The van der Waals surface area contributed by atoms with Gasteiger partial charge >= 0.3 is 0 Å². The Hall–Kier alpha value is -1.13. The Labute approximate surface area is 84.2 Å². The van der Waals surface area contributed by atoms with Crippen molar-refractivity contribution in [2.75, 3.05) is 5.73 Å². The molecule has 0 unspecified atom stereocenters. The van der Waals surface area contributed by atoms with Gasteiger partial charge in [0, 0.05) is 18.0 Å². The van der Waals surface area contributed by atoms with Crippen molar-refractivity contribution in [2.24, 2.45) is 0 Å². The third-order valence-corrected chi connectivity index (χ3v) is 2.85. The number of rotatable bonds is 1. The fourth-order valence-electron chi connectivity index (χ4n) is 0.926. The summed E-state index contributed by atoms with van der Waals surface area (Å²) >= 11 is 7.10. The summed E-state index contributed by atoms with van der Waals surface area (Å²) in [4.78, 5) is 8.08. The number of hydrogen-bond donors (Lipinski definition) is 1. The number of nitrogens with zero attached hydrogens (tertiary/aromatic N) is 2. The average Bonchev–Trinajstić information content (AvgIpc) is 2.49. The van der Waals surface area contributed by atoms with Gasteiger partial charge in [-0.25, -0.2) is 4.98 Å². The molecule has 5 heteroatoms. The lowest BCUT2D eigenvalue weighted by atomic mass is 10.3. The van der Waals surface area contributed by atoms with E-state index in [2.05, 4.69) is 9.97 Å². The van der Waals surface area contributed by atoms with Crippen LogP contribution in [0.3, 0.4) is 0 Å². The van der Waals surface area contributed by atoms with Crippen LogP contribution in [0.5, 0.6) is 0 Å². The van der Waals surface area contributed by atoms with Crippen LogP contribution >= 0.6 is 22.9 Å². The molecule has 2 heterocycles. The lowest BCUT2D eigenvalue weighted by Gasteiger charge is -1.91. The fraction of sp³-hybridized carbons (Fsp3) is 0. The van der Waals surface area contributed by atoms with Crippen molar-refractivity contribution >= 4 is 27.9 Å². The molecular weight excluding hydrogens is 206 g/mol. The highest BCUT2D eigenvalue weighted by Gasteiger charge is 2.07. The van der Waals surface area contributed by atoms with Crippen LogP contribution in [0.1, 0.15) is 0 Å². The van der Waals surface area contributed by atoms with Gasteiger partial charge in [-0.15, -0.1) is 0 Å². The van der Waals surface area contributed by atoms with Crippen molar-refractivity contribution < 1.29 is 0 Å². The largest absolute Gasteiger partial charge is 0.388 e. The van der Waals surface area contributed by atoms with E-state index in [1.54, 1.807) is 12.4 Å². The number of thiazole rings is 1. The van der Waals surface area contributed by atoms with E-state index < -0.39 is 0 Å². The topological polar surface area (TPSA) is 51.8 Å². The van der Waals surface area contributed by atoms with Crippen molar-refractivity contribution in [1.29, 1.82) is 0 Å². The van der Waals surface area contributed by atoms with Crippen LogP contribution in [0.25, 0.3) is 10.6 Å². The molecule has 66 valence electrons. The maximum Gasteiger partial charge on any atom is 0.164 e. The summed E-state index contributed by atoms with van der Waals surface area (Å²) in [5, 5.41) is 1.71. The summed E-state index contributed by atoms with van der Waals surface area (Å²) in [7, 11) is 0. The molecule has 0 bridgehead atoms. The second-order valence-corrected chi connectivity index (χ2v) is 3.80. The zero-order chi connectivity index (χ0) is 9.26. The second-order valence-electron chi connectivity index (χ2n) is 2.42. The van der Waals surface area contributed by atoms with E-state index >= 15 is 0 Å². The minimum Gasteiger partial charge on any atom is -0.388 e. The van der Waals surface area contributed by atoms with Gasteiger partial charge in [-0.2, -0.15) is 0 Å². The van der Waals surface area contributed by atoms with Crippen LogP contribution in [0.2, 0.25) is 5.15 Å². The molecule has 13 heavy (non-hydrogen) atoms. The number of nitrogens with two attached hydrogens (primary N) is 1. The Morgan fingerprint density at radius 1 is 1.46 bits per heavy atom. The standard InChI is InChI=1S/C8H6ClN3S/c9-6-7(10)13-8(12-6)5-2-1-3-11-4-5/h1-4H,10H2. The molecule has 2 aromatic rings. The van der Waals surface area contributed by atoms with Crippen molar-refractivity contribution in [3.05, 3.63) is 29.7 Å². The van der Waals surface area contributed by atoms with Crippen LogP contribution in [-0.2, 0) is 0 Å². The molecule has 2 aromatic heterocycles. The Bertz CT molecular complexity index is 393. The average molecular weight is 212 g/mol. The minimum absolute atomic E-state index is 0.365. The first kappa shape index (κ1) is 8.47. The summed E-state index contributed by atoms with van der Waals surface area (Å²) in [5.74, 6) is 0. The van der Waals surface area contributed by atoms with Crippen LogP contribution in [0, 0.1) is 0 Å². The van der Waals surface area contributed by atoms with Gasteiger partial charge in [0.15, 0.2) is 5.15 Å². The highest BCUT2D eigenvalue weighted by atomic mass is 35.5. The molecule has 3 nitrogen and oxygen atoms in total. The van der Waals surface area contributed by atoms with E-state index in [9.17, 15) is 0 Å². The van der Waals surface area contributed by atoms with Crippen molar-refractivity contribution in [1.82, 2.24) is 9.97 Å². The maximum absolute atomic E-state index is 5.73. The number of hydrogen-bond acceptors (Lipinski definition) is 4. The molecular formula is C8H6ClN3S. The smallest absolute Gasteiger partial charge is 0.164 e. The number of halogens is 1. The highest BCUT2D eigenvalue weighted by molar-refractivity contribution is 7.19. The third-order valence-electron chi connectivity index (χ3n) is 1.52. The Balaban J connectivity index is 2.48. The zero-order valence-electron chi connectivity index (χ0n) is 6.57. The van der Waals surface area contributed by atoms with Crippen LogP contribution < -0.4 is 5.73 Å². The third kappa shape index (κ3) is 1.64. The second kappa shape index (κ2) is 3.32. The first-order chi connectivity index (χ1) is 6.27. The first-order valence-electron chi connectivity index (χ1n) is 3.59. The molecule has 2 N–H and O–H groups in total. The summed E-state index contributed by atoms with van der Waals surface area (Å²) in [6.07, 6.45) is 3.44. The Kier molecular flexibility index (Phi) is 2.16. The normalized spacial score (nSPS) is 10.2. The quantitative estimate of drug-likeness (QED) is 0.788. The van der Waals surface area contributed by atoms with Crippen molar-refractivity contribution in [3.63, 3.8) is 0 Å². The fourth-order valence-corrected chi connectivity index (χ4v) is 1.89. The Morgan fingerprint density at radius 3 is 2.85 bits per heavy atom. The number of aromatic nitrogens is 2. The van der Waals surface area contributed by atoms with E-state index in [1.165, 1.54) is 11.3 Å².